The molecule has 62 valence electrons. The Morgan fingerprint density at radius 2 is 1.50 bits per heavy atom. The van der Waals surface area contributed by atoms with Crippen LogP contribution >= 0.6 is 0 Å². The molecular weight excluding hydrogens is 183 g/mol. The number of hydrogen-bond acceptors (Lipinski definition) is 0. The summed E-state index contributed by atoms with van der Waals surface area (Å²) in [6, 6.07) is 0. The summed E-state index contributed by atoms with van der Waals surface area (Å²) in [5.74, 6) is 0. The fraction of sp³-hybridized carbons (Fsp3) is 0.273. The standard InChI is InChI=1S/2C5H5.CH3.V/c2*1-2-4-5-3-1;;/h2*1-3H,4H2;1H3;. The molecule has 0 heterocycles. The van der Waals surface area contributed by atoms with Gasteiger partial charge in [-0.15, -0.1) is 0 Å². The second kappa shape index (κ2) is 3.51. The van der Waals surface area contributed by atoms with Crippen molar-refractivity contribution in [2.75, 3.05) is 0 Å². The predicted octanol–water partition coefficient (Wildman–Crippen LogP) is 3.34. The molecule has 2 aliphatic carbocycles. The molecule has 0 saturated heterocycles. The van der Waals surface area contributed by atoms with Crippen molar-refractivity contribution >= 4 is 0 Å². The van der Waals surface area contributed by atoms with Gasteiger partial charge >= 0.3 is 78.7 Å². The van der Waals surface area contributed by atoms with Gasteiger partial charge in [-0.2, -0.15) is 0 Å². The predicted molar refractivity (Wildman–Crippen MR) is 49.5 cm³/mol. The summed E-state index contributed by atoms with van der Waals surface area (Å²) in [6.45, 7) is 0. The third-order valence-corrected chi connectivity index (χ3v) is 6.09. The van der Waals surface area contributed by atoms with Crippen molar-refractivity contribution in [3.8, 4) is 0 Å². The molecule has 1 heteroatoms. The molecule has 2 rings (SSSR count). The number of allylic oxidation sites excluding steroid dienone is 8. The first kappa shape index (κ1) is 8.16. The van der Waals surface area contributed by atoms with Crippen molar-refractivity contribution in [2.45, 2.75) is 18.5 Å². The summed E-state index contributed by atoms with van der Waals surface area (Å²) in [5.41, 5.74) is 2.45. The first-order valence-corrected chi connectivity index (χ1v) is 7.12. The minimum absolute atomic E-state index is 0.778. The Balaban J connectivity index is 2.05. The summed E-state index contributed by atoms with van der Waals surface area (Å²) in [7, 11) is 0. The van der Waals surface area contributed by atoms with Gasteiger partial charge < -0.3 is 0 Å². The van der Waals surface area contributed by atoms with Gasteiger partial charge in [0.25, 0.3) is 0 Å². The molecule has 0 amide bonds. The summed E-state index contributed by atoms with van der Waals surface area (Å²) < 4.78 is 3.41. The Morgan fingerprint density at radius 3 is 1.83 bits per heavy atom. The van der Waals surface area contributed by atoms with E-state index in [0.717, 1.165) is 0 Å². The average Bonchev–Trinajstić information content (AvgIpc) is 2.77. The van der Waals surface area contributed by atoms with Crippen molar-refractivity contribution in [3.05, 3.63) is 45.0 Å². The molecular formula is C11H13V. The number of rotatable bonds is 2. The van der Waals surface area contributed by atoms with Crippen LogP contribution in [0.3, 0.4) is 0 Å². The van der Waals surface area contributed by atoms with Crippen molar-refractivity contribution in [3.63, 3.8) is 0 Å². The molecule has 0 unspecified atom stereocenters. The zero-order valence-electron chi connectivity index (χ0n) is 7.33. The molecule has 0 radical (unpaired) electrons. The van der Waals surface area contributed by atoms with E-state index in [1.54, 1.807) is 8.57 Å². The van der Waals surface area contributed by atoms with E-state index in [4.69, 9.17) is 0 Å². The third kappa shape index (κ3) is 1.50. The number of hydrogen-bond donors (Lipinski definition) is 0. The van der Waals surface area contributed by atoms with Gasteiger partial charge in [-0.05, 0) is 0 Å². The molecule has 0 bridgehead atoms. The second-order valence-electron chi connectivity index (χ2n) is 3.14. The zero-order chi connectivity index (χ0) is 8.39. The fourth-order valence-corrected chi connectivity index (χ4v) is 4.28. The Bertz CT molecular complexity index is 262. The maximum atomic E-state index is 2.45. The van der Waals surface area contributed by atoms with Crippen LogP contribution in [-0.4, -0.2) is 0 Å². The third-order valence-electron chi connectivity index (χ3n) is 2.37. The maximum absolute atomic E-state index is 2.45. The van der Waals surface area contributed by atoms with Gasteiger partial charge in [0.05, 0.1) is 0 Å². The molecule has 0 spiro atoms. The van der Waals surface area contributed by atoms with E-state index in [2.05, 4.69) is 42.1 Å². The van der Waals surface area contributed by atoms with Crippen LogP contribution in [0, 0.1) is 0 Å². The molecule has 0 N–H and O–H groups in total. The van der Waals surface area contributed by atoms with E-state index in [0.29, 0.717) is 0 Å². The molecule has 0 atom stereocenters. The van der Waals surface area contributed by atoms with E-state index in [9.17, 15) is 0 Å². The molecule has 0 aromatic rings. The molecule has 0 saturated carbocycles. The van der Waals surface area contributed by atoms with E-state index >= 15 is 0 Å². The molecule has 0 aromatic carbocycles. The van der Waals surface area contributed by atoms with Crippen LogP contribution in [0.5, 0.6) is 0 Å². The van der Waals surface area contributed by atoms with Crippen molar-refractivity contribution in [1.29, 1.82) is 0 Å². The second-order valence-corrected chi connectivity index (χ2v) is 6.68. The van der Waals surface area contributed by atoms with Crippen LogP contribution in [-0.2, 0) is 15.2 Å². The van der Waals surface area contributed by atoms with Gasteiger partial charge in [0.1, 0.15) is 0 Å². The van der Waals surface area contributed by atoms with Gasteiger partial charge in [-0.1, -0.05) is 0 Å². The topological polar surface area (TPSA) is 0 Å². The Morgan fingerprint density at radius 1 is 1.00 bits per heavy atom. The summed E-state index contributed by atoms with van der Waals surface area (Å²) in [5, 5.41) is 0. The van der Waals surface area contributed by atoms with E-state index in [1.807, 2.05) is 0 Å². The van der Waals surface area contributed by atoms with Crippen LogP contribution in [0.2, 0.25) is 5.64 Å². The molecule has 12 heavy (non-hydrogen) atoms. The van der Waals surface area contributed by atoms with E-state index < -0.39 is 15.2 Å². The van der Waals surface area contributed by atoms with Crippen LogP contribution < -0.4 is 0 Å². The summed E-state index contributed by atoms with van der Waals surface area (Å²) >= 11 is -0.778. The summed E-state index contributed by atoms with van der Waals surface area (Å²) in [6.07, 6.45) is 16.0. The SMILES string of the molecule is [CH3][V]([C]1=CC=CC1)[C]1=CC=CC1. The van der Waals surface area contributed by atoms with Gasteiger partial charge in [0, 0.05) is 0 Å². The van der Waals surface area contributed by atoms with Gasteiger partial charge in [-0.3, -0.25) is 0 Å². The average molecular weight is 196 g/mol. The zero-order valence-corrected chi connectivity index (χ0v) is 8.72. The summed E-state index contributed by atoms with van der Waals surface area (Å²) in [4.78, 5) is 0. The van der Waals surface area contributed by atoms with E-state index in [1.165, 1.54) is 12.8 Å². The van der Waals surface area contributed by atoms with Gasteiger partial charge in [-0.25, -0.2) is 0 Å². The first-order valence-electron chi connectivity index (χ1n) is 4.33. The van der Waals surface area contributed by atoms with Crippen molar-refractivity contribution in [2.24, 2.45) is 0 Å². The van der Waals surface area contributed by atoms with E-state index in [-0.39, 0.29) is 0 Å². The van der Waals surface area contributed by atoms with Gasteiger partial charge in [0.2, 0.25) is 0 Å². The molecule has 0 aromatic heterocycles. The molecule has 0 aliphatic heterocycles. The van der Waals surface area contributed by atoms with Crippen LogP contribution in [0.4, 0.5) is 0 Å². The van der Waals surface area contributed by atoms with Crippen molar-refractivity contribution in [1.82, 2.24) is 0 Å². The Hall–Kier alpha value is -0.456. The van der Waals surface area contributed by atoms with Crippen LogP contribution in [0.15, 0.2) is 45.0 Å². The normalized spacial score (nSPS) is 20.5. The van der Waals surface area contributed by atoms with Crippen LogP contribution in [0.1, 0.15) is 12.8 Å². The first-order chi connectivity index (χ1) is 5.88. The molecule has 2 aliphatic rings. The minimum atomic E-state index is -0.778. The molecule has 0 fully saturated rings. The fourth-order valence-electron chi connectivity index (χ4n) is 1.55. The van der Waals surface area contributed by atoms with Gasteiger partial charge in [0.15, 0.2) is 0 Å². The van der Waals surface area contributed by atoms with Crippen molar-refractivity contribution < 1.29 is 15.2 Å². The quantitative estimate of drug-likeness (QED) is 0.635. The Kier molecular flexibility index (Phi) is 2.39. The molecule has 0 nitrogen and oxygen atoms in total. The monoisotopic (exact) mass is 196 g/mol. The van der Waals surface area contributed by atoms with Crippen LogP contribution in [0.25, 0.3) is 0 Å². The Labute approximate surface area is 78.9 Å².